The lowest BCUT2D eigenvalue weighted by Gasteiger charge is -2.09. The molecule has 0 atom stereocenters. The van der Waals surface area contributed by atoms with Gasteiger partial charge in [0.15, 0.2) is 11.5 Å². The van der Waals surface area contributed by atoms with Crippen molar-refractivity contribution in [3.63, 3.8) is 0 Å². The van der Waals surface area contributed by atoms with Crippen LogP contribution in [0.2, 0.25) is 10.0 Å². The van der Waals surface area contributed by atoms with Crippen molar-refractivity contribution in [3.8, 4) is 23.0 Å². The van der Waals surface area contributed by atoms with Crippen LogP contribution < -0.4 is 14.2 Å². The zero-order valence-corrected chi connectivity index (χ0v) is 19.0. The molecule has 166 valence electrons. The maximum Gasteiger partial charge on any atom is 0.240 e. The molecule has 2 heterocycles. The molecular weight excluding hydrogens is 477 g/mol. The van der Waals surface area contributed by atoms with E-state index in [4.69, 9.17) is 32.7 Å². The Labute approximate surface area is 193 Å². The molecule has 12 heteroatoms. The number of aromatic nitrogens is 4. The van der Waals surface area contributed by atoms with E-state index < -0.39 is 10.0 Å². The smallest absolute Gasteiger partial charge is 0.240 e. The Hall–Kier alpha value is -2.92. The highest BCUT2D eigenvalue weighted by Gasteiger charge is 2.16. The normalized spacial score (nSPS) is 11.6. The molecule has 0 aliphatic carbocycles. The number of para-hydroxylation sites is 1. The monoisotopic (exact) mass is 493 g/mol. The minimum atomic E-state index is -3.76. The number of fused-ring (bicyclic) bond motifs is 1. The minimum absolute atomic E-state index is 0.0115. The molecule has 0 saturated carbocycles. The van der Waals surface area contributed by atoms with E-state index in [1.165, 1.54) is 22.7 Å². The Morgan fingerprint density at radius 2 is 1.84 bits per heavy atom. The first-order valence-corrected chi connectivity index (χ1v) is 11.6. The van der Waals surface area contributed by atoms with Crippen molar-refractivity contribution in [1.29, 1.82) is 0 Å². The lowest BCUT2D eigenvalue weighted by Crippen LogP contribution is -2.28. The predicted octanol–water partition coefficient (Wildman–Crippen LogP) is 3.46. The molecular formula is C20H17Cl2N5O4S. The zero-order chi connectivity index (χ0) is 22.7. The Morgan fingerprint density at radius 1 is 1.03 bits per heavy atom. The van der Waals surface area contributed by atoms with Gasteiger partial charge in [-0.25, -0.2) is 13.1 Å². The molecule has 0 saturated heterocycles. The topological polar surface area (TPSA) is 108 Å². The summed E-state index contributed by atoms with van der Waals surface area (Å²) in [5.74, 6) is 1.40. The number of methoxy groups -OCH3 is 1. The quantitative estimate of drug-likeness (QED) is 0.374. The summed E-state index contributed by atoms with van der Waals surface area (Å²) < 4.78 is 39.8. The van der Waals surface area contributed by atoms with Gasteiger partial charge in [-0.15, -0.1) is 15.3 Å². The fourth-order valence-electron chi connectivity index (χ4n) is 2.91. The number of nitrogens with one attached hydrogen (secondary N) is 1. The van der Waals surface area contributed by atoms with E-state index in [0.717, 1.165) is 5.56 Å². The number of benzene rings is 2. The Balaban J connectivity index is 1.45. The Morgan fingerprint density at radius 3 is 2.62 bits per heavy atom. The molecule has 32 heavy (non-hydrogen) atoms. The van der Waals surface area contributed by atoms with Crippen LogP contribution in [0.15, 0.2) is 59.5 Å². The average Bonchev–Trinajstić information content (AvgIpc) is 3.21. The van der Waals surface area contributed by atoms with Crippen LogP contribution in [-0.4, -0.2) is 48.5 Å². The molecule has 0 amide bonds. The number of halogens is 2. The lowest BCUT2D eigenvalue weighted by molar-refractivity contribution is 0.306. The SMILES string of the molecule is COc1ccccc1-c1nnc2ccc(OCCNS(=O)(=O)c3ccc(Cl)c(Cl)c3)nn12. The van der Waals surface area contributed by atoms with E-state index in [-0.39, 0.29) is 34.0 Å². The lowest BCUT2D eigenvalue weighted by atomic mass is 10.2. The van der Waals surface area contributed by atoms with Gasteiger partial charge in [0, 0.05) is 12.6 Å². The first-order valence-electron chi connectivity index (χ1n) is 9.32. The highest BCUT2D eigenvalue weighted by Crippen LogP contribution is 2.28. The van der Waals surface area contributed by atoms with Gasteiger partial charge >= 0.3 is 0 Å². The molecule has 0 bridgehead atoms. The second-order valence-corrected chi connectivity index (χ2v) is 9.07. The third-order valence-corrected chi connectivity index (χ3v) is 6.63. The summed E-state index contributed by atoms with van der Waals surface area (Å²) in [5, 5.41) is 13.1. The molecule has 2 aromatic carbocycles. The summed E-state index contributed by atoms with van der Waals surface area (Å²) in [5.41, 5.74) is 1.25. The molecule has 0 aliphatic rings. The summed E-state index contributed by atoms with van der Waals surface area (Å²) in [6.07, 6.45) is 0. The summed E-state index contributed by atoms with van der Waals surface area (Å²) >= 11 is 11.7. The first kappa shape index (κ1) is 22.3. The van der Waals surface area contributed by atoms with Gasteiger partial charge in [0.2, 0.25) is 15.9 Å². The molecule has 2 aromatic heterocycles. The van der Waals surface area contributed by atoms with Gasteiger partial charge in [0.1, 0.15) is 12.4 Å². The van der Waals surface area contributed by atoms with E-state index in [9.17, 15) is 8.42 Å². The fraction of sp³-hybridized carbons (Fsp3) is 0.150. The number of nitrogens with zero attached hydrogens (tertiary/aromatic N) is 4. The van der Waals surface area contributed by atoms with Crippen LogP contribution in [0.4, 0.5) is 0 Å². The standard InChI is InChI=1S/C20H17Cl2N5O4S/c1-30-17-5-3-2-4-14(17)20-25-24-18-8-9-19(26-27(18)20)31-11-10-23-32(28,29)13-6-7-15(21)16(22)12-13/h2-9,12,23H,10-11H2,1H3. The maximum atomic E-state index is 12.4. The average molecular weight is 494 g/mol. The number of ether oxygens (including phenoxy) is 2. The molecule has 4 aromatic rings. The largest absolute Gasteiger partial charge is 0.496 e. The maximum absolute atomic E-state index is 12.4. The minimum Gasteiger partial charge on any atom is -0.496 e. The van der Waals surface area contributed by atoms with Gasteiger partial charge in [0.25, 0.3) is 0 Å². The van der Waals surface area contributed by atoms with Gasteiger partial charge < -0.3 is 9.47 Å². The van der Waals surface area contributed by atoms with Gasteiger partial charge in [0.05, 0.1) is 27.6 Å². The number of hydrogen-bond acceptors (Lipinski definition) is 7. The molecule has 1 N–H and O–H groups in total. The number of sulfonamides is 1. The highest BCUT2D eigenvalue weighted by molar-refractivity contribution is 7.89. The van der Waals surface area contributed by atoms with Crippen molar-refractivity contribution in [2.45, 2.75) is 4.90 Å². The molecule has 0 spiro atoms. The molecule has 0 unspecified atom stereocenters. The predicted molar refractivity (Wildman–Crippen MR) is 120 cm³/mol. The van der Waals surface area contributed by atoms with E-state index in [1.54, 1.807) is 19.2 Å². The highest BCUT2D eigenvalue weighted by atomic mass is 35.5. The third kappa shape index (κ3) is 4.63. The van der Waals surface area contributed by atoms with E-state index in [2.05, 4.69) is 20.0 Å². The molecule has 4 rings (SSSR count). The van der Waals surface area contributed by atoms with E-state index in [0.29, 0.717) is 17.2 Å². The molecule has 0 fully saturated rings. The van der Waals surface area contributed by atoms with Crippen LogP contribution in [0.25, 0.3) is 17.0 Å². The van der Waals surface area contributed by atoms with Crippen molar-refractivity contribution in [2.24, 2.45) is 0 Å². The van der Waals surface area contributed by atoms with E-state index >= 15 is 0 Å². The number of hydrogen-bond donors (Lipinski definition) is 1. The second-order valence-electron chi connectivity index (χ2n) is 6.49. The van der Waals surface area contributed by atoms with Crippen LogP contribution in [0, 0.1) is 0 Å². The third-order valence-electron chi connectivity index (χ3n) is 4.43. The van der Waals surface area contributed by atoms with Crippen LogP contribution in [0.3, 0.4) is 0 Å². The molecule has 0 radical (unpaired) electrons. The van der Waals surface area contributed by atoms with Crippen LogP contribution in [0.5, 0.6) is 11.6 Å². The fourth-order valence-corrected chi connectivity index (χ4v) is 4.31. The summed E-state index contributed by atoms with van der Waals surface area (Å²) in [6, 6.07) is 14.8. The van der Waals surface area contributed by atoms with Crippen molar-refractivity contribution in [2.75, 3.05) is 20.3 Å². The zero-order valence-electron chi connectivity index (χ0n) is 16.7. The van der Waals surface area contributed by atoms with E-state index in [1.807, 2.05) is 24.3 Å². The summed E-state index contributed by atoms with van der Waals surface area (Å²) in [7, 11) is -2.19. The Bertz CT molecular complexity index is 1380. The van der Waals surface area contributed by atoms with Crippen molar-refractivity contribution in [1.82, 2.24) is 24.5 Å². The van der Waals surface area contributed by atoms with Crippen molar-refractivity contribution < 1.29 is 17.9 Å². The second kappa shape index (κ2) is 9.29. The van der Waals surface area contributed by atoms with Gasteiger partial charge in [-0.1, -0.05) is 35.3 Å². The first-order chi connectivity index (χ1) is 15.4. The number of rotatable bonds is 8. The molecule has 9 nitrogen and oxygen atoms in total. The van der Waals surface area contributed by atoms with Crippen LogP contribution in [-0.2, 0) is 10.0 Å². The van der Waals surface area contributed by atoms with Crippen molar-refractivity contribution >= 4 is 38.9 Å². The van der Waals surface area contributed by atoms with Gasteiger partial charge in [-0.3, -0.25) is 0 Å². The summed E-state index contributed by atoms with van der Waals surface area (Å²) in [4.78, 5) is 0.0115. The summed E-state index contributed by atoms with van der Waals surface area (Å²) in [6.45, 7) is 0.0645. The van der Waals surface area contributed by atoms with Crippen molar-refractivity contribution in [3.05, 3.63) is 64.6 Å². The van der Waals surface area contributed by atoms with Crippen LogP contribution in [0.1, 0.15) is 0 Å². The van der Waals surface area contributed by atoms with Gasteiger partial charge in [-0.2, -0.15) is 4.52 Å². The Kier molecular flexibility index (Phi) is 6.47. The van der Waals surface area contributed by atoms with Crippen LogP contribution >= 0.6 is 23.2 Å². The van der Waals surface area contributed by atoms with Gasteiger partial charge in [-0.05, 0) is 36.4 Å². The molecule has 0 aliphatic heterocycles.